The lowest BCUT2D eigenvalue weighted by atomic mass is 10.1. The average molecular weight is 216 g/mol. The van der Waals surface area contributed by atoms with E-state index in [1.165, 1.54) is 0 Å². The smallest absolute Gasteiger partial charge is 0.113 e. The van der Waals surface area contributed by atoms with Crippen LogP contribution in [0.4, 0.5) is 5.69 Å². The molecule has 0 aliphatic heterocycles. The molecule has 1 heterocycles. The SMILES string of the molecule is CNc1ccc(-c2cn(C(C)C)nn2)cc1. The maximum atomic E-state index is 4.16. The molecular formula is C12H16N4. The highest BCUT2D eigenvalue weighted by molar-refractivity contribution is 5.61. The van der Waals surface area contributed by atoms with E-state index in [-0.39, 0.29) is 0 Å². The van der Waals surface area contributed by atoms with E-state index in [0.29, 0.717) is 6.04 Å². The fourth-order valence-electron chi connectivity index (χ4n) is 1.47. The van der Waals surface area contributed by atoms with Crippen LogP contribution in [-0.2, 0) is 0 Å². The van der Waals surface area contributed by atoms with Crippen LogP contribution in [0.2, 0.25) is 0 Å². The normalized spacial score (nSPS) is 10.8. The quantitative estimate of drug-likeness (QED) is 0.857. The summed E-state index contributed by atoms with van der Waals surface area (Å²) in [7, 11) is 1.91. The number of rotatable bonds is 3. The van der Waals surface area contributed by atoms with Gasteiger partial charge in [-0.3, -0.25) is 0 Å². The maximum Gasteiger partial charge on any atom is 0.113 e. The van der Waals surface area contributed by atoms with E-state index in [1.807, 2.05) is 42.2 Å². The number of aromatic nitrogens is 3. The molecule has 1 aromatic carbocycles. The van der Waals surface area contributed by atoms with Gasteiger partial charge in [0.25, 0.3) is 0 Å². The molecule has 0 spiro atoms. The molecule has 1 N–H and O–H groups in total. The number of nitrogens with zero attached hydrogens (tertiary/aromatic N) is 3. The summed E-state index contributed by atoms with van der Waals surface area (Å²) in [6.07, 6.45) is 1.97. The van der Waals surface area contributed by atoms with Crippen molar-refractivity contribution in [3.8, 4) is 11.3 Å². The summed E-state index contributed by atoms with van der Waals surface area (Å²) in [5.74, 6) is 0. The Morgan fingerprint density at radius 3 is 2.38 bits per heavy atom. The van der Waals surface area contributed by atoms with E-state index in [9.17, 15) is 0 Å². The highest BCUT2D eigenvalue weighted by Crippen LogP contribution is 2.19. The van der Waals surface area contributed by atoms with E-state index in [0.717, 1.165) is 16.9 Å². The first-order valence-electron chi connectivity index (χ1n) is 5.40. The second-order valence-corrected chi connectivity index (χ2v) is 4.00. The first-order valence-corrected chi connectivity index (χ1v) is 5.40. The van der Waals surface area contributed by atoms with Crippen molar-refractivity contribution in [1.29, 1.82) is 0 Å². The molecule has 4 heteroatoms. The topological polar surface area (TPSA) is 42.7 Å². The van der Waals surface area contributed by atoms with Crippen LogP contribution in [0.5, 0.6) is 0 Å². The van der Waals surface area contributed by atoms with Gasteiger partial charge in [0, 0.05) is 24.3 Å². The van der Waals surface area contributed by atoms with Crippen LogP contribution < -0.4 is 5.32 Å². The molecule has 0 aliphatic rings. The van der Waals surface area contributed by atoms with Gasteiger partial charge < -0.3 is 5.32 Å². The monoisotopic (exact) mass is 216 g/mol. The molecule has 0 unspecified atom stereocenters. The Morgan fingerprint density at radius 1 is 1.19 bits per heavy atom. The van der Waals surface area contributed by atoms with Crippen LogP contribution in [0.15, 0.2) is 30.5 Å². The van der Waals surface area contributed by atoms with Crippen LogP contribution in [0.1, 0.15) is 19.9 Å². The molecule has 16 heavy (non-hydrogen) atoms. The lowest BCUT2D eigenvalue weighted by Crippen LogP contribution is -2.00. The Morgan fingerprint density at radius 2 is 1.88 bits per heavy atom. The maximum absolute atomic E-state index is 4.16. The van der Waals surface area contributed by atoms with Crippen molar-refractivity contribution in [2.24, 2.45) is 0 Å². The molecule has 4 nitrogen and oxygen atoms in total. The number of benzene rings is 1. The molecule has 1 aromatic heterocycles. The number of hydrogen-bond acceptors (Lipinski definition) is 3. The molecule has 2 rings (SSSR count). The van der Waals surface area contributed by atoms with Crippen molar-refractivity contribution in [3.63, 3.8) is 0 Å². The van der Waals surface area contributed by atoms with Gasteiger partial charge in [-0.1, -0.05) is 17.3 Å². The van der Waals surface area contributed by atoms with Crippen LogP contribution in [0.3, 0.4) is 0 Å². The number of hydrogen-bond donors (Lipinski definition) is 1. The zero-order chi connectivity index (χ0) is 11.5. The van der Waals surface area contributed by atoms with Gasteiger partial charge >= 0.3 is 0 Å². The Labute approximate surface area is 95.3 Å². The van der Waals surface area contributed by atoms with Crippen molar-refractivity contribution < 1.29 is 0 Å². The highest BCUT2D eigenvalue weighted by Gasteiger charge is 2.05. The van der Waals surface area contributed by atoms with E-state index in [2.05, 4.69) is 29.5 Å². The van der Waals surface area contributed by atoms with E-state index in [4.69, 9.17) is 0 Å². The third-order valence-electron chi connectivity index (χ3n) is 2.51. The van der Waals surface area contributed by atoms with E-state index >= 15 is 0 Å². The molecule has 0 aliphatic carbocycles. The summed E-state index contributed by atoms with van der Waals surface area (Å²) in [6.45, 7) is 4.17. The minimum Gasteiger partial charge on any atom is -0.388 e. The average Bonchev–Trinajstić information content (AvgIpc) is 2.78. The van der Waals surface area contributed by atoms with Crippen molar-refractivity contribution in [2.45, 2.75) is 19.9 Å². The minimum atomic E-state index is 0.345. The molecule has 0 saturated carbocycles. The first kappa shape index (κ1) is 10.7. The fraction of sp³-hybridized carbons (Fsp3) is 0.333. The van der Waals surface area contributed by atoms with Gasteiger partial charge in [-0.05, 0) is 26.0 Å². The molecule has 0 bridgehead atoms. The second-order valence-electron chi connectivity index (χ2n) is 4.00. The van der Waals surface area contributed by atoms with E-state index < -0.39 is 0 Å². The molecule has 0 radical (unpaired) electrons. The van der Waals surface area contributed by atoms with Crippen LogP contribution in [0, 0.1) is 0 Å². The van der Waals surface area contributed by atoms with Gasteiger partial charge in [0.15, 0.2) is 0 Å². The van der Waals surface area contributed by atoms with Crippen molar-refractivity contribution in [1.82, 2.24) is 15.0 Å². The second kappa shape index (κ2) is 4.35. The minimum absolute atomic E-state index is 0.345. The Hall–Kier alpha value is -1.84. The van der Waals surface area contributed by atoms with Gasteiger partial charge in [0.05, 0.1) is 6.20 Å². The molecule has 0 amide bonds. The third-order valence-corrected chi connectivity index (χ3v) is 2.51. The van der Waals surface area contributed by atoms with Crippen LogP contribution in [0.25, 0.3) is 11.3 Å². The fourth-order valence-corrected chi connectivity index (χ4v) is 1.47. The van der Waals surface area contributed by atoms with Crippen LogP contribution in [-0.4, -0.2) is 22.0 Å². The van der Waals surface area contributed by atoms with Gasteiger partial charge in [-0.25, -0.2) is 4.68 Å². The van der Waals surface area contributed by atoms with Crippen molar-refractivity contribution in [3.05, 3.63) is 30.5 Å². The lowest BCUT2D eigenvalue weighted by Gasteiger charge is -2.02. The largest absolute Gasteiger partial charge is 0.388 e. The van der Waals surface area contributed by atoms with E-state index in [1.54, 1.807) is 0 Å². The van der Waals surface area contributed by atoms with Gasteiger partial charge in [0.1, 0.15) is 5.69 Å². The Kier molecular flexibility index (Phi) is 2.90. The number of nitrogens with one attached hydrogen (secondary N) is 1. The molecule has 0 atom stereocenters. The summed E-state index contributed by atoms with van der Waals surface area (Å²) in [6, 6.07) is 8.49. The summed E-state index contributed by atoms with van der Waals surface area (Å²) < 4.78 is 1.86. The van der Waals surface area contributed by atoms with Gasteiger partial charge in [-0.2, -0.15) is 0 Å². The summed E-state index contributed by atoms with van der Waals surface area (Å²) >= 11 is 0. The molecule has 0 fully saturated rings. The Bertz CT molecular complexity index is 456. The number of anilines is 1. The molecule has 84 valence electrons. The zero-order valence-corrected chi connectivity index (χ0v) is 9.81. The standard InChI is InChI=1S/C12H16N4/c1-9(2)16-8-12(14-15-16)10-4-6-11(13-3)7-5-10/h4-9,13H,1-3H3. The third kappa shape index (κ3) is 2.05. The first-order chi connectivity index (χ1) is 7.70. The predicted octanol–water partition coefficient (Wildman–Crippen LogP) is 2.57. The Balaban J connectivity index is 2.28. The van der Waals surface area contributed by atoms with Gasteiger partial charge in [0.2, 0.25) is 0 Å². The van der Waals surface area contributed by atoms with Crippen LogP contribution >= 0.6 is 0 Å². The zero-order valence-electron chi connectivity index (χ0n) is 9.81. The predicted molar refractivity (Wildman–Crippen MR) is 65.4 cm³/mol. The lowest BCUT2D eigenvalue weighted by molar-refractivity contribution is 0.514. The summed E-state index contributed by atoms with van der Waals surface area (Å²) in [4.78, 5) is 0. The summed E-state index contributed by atoms with van der Waals surface area (Å²) in [5, 5.41) is 11.3. The van der Waals surface area contributed by atoms with Gasteiger partial charge in [-0.15, -0.1) is 5.10 Å². The van der Waals surface area contributed by atoms with Crippen molar-refractivity contribution >= 4 is 5.69 Å². The molecule has 0 saturated heterocycles. The molecular weight excluding hydrogens is 200 g/mol. The summed E-state index contributed by atoms with van der Waals surface area (Å²) in [5.41, 5.74) is 3.10. The molecule has 2 aromatic rings. The van der Waals surface area contributed by atoms with Crippen molar-refractivity contribution in [2.75, 3.05) is 12.4 Å². The highest BCUT2D eigenvalue weighted by atomic mass is 15.4.